The van der Waals surface area contributed by atoms with Crippen molar-refractivity contribution in [2.75, 3.05) is 26.4 Å². The number of ether oxygens (including phenoxy) is 2. The highest BCUT2D eigenvalue weighted by atomic mass is 16.5. The van der Waals surface area contributed by atoms with Gasteiger partial charge in [0.1, 0.15) is 6.61 Å². The van der Waals surface area contributed by atoms with E-state index in [1.165, 1.54) is 12.0 Å². The Morgan fingerprint density at radius 1 is 1.15 bits per heavy atom. The van der Waals surface area contributed by atoms with Crippen molar-refractivity contribution in [2.45, 2.75) is 95.2 Å². The van der Waals surface area contributed by atoms with E-state index in [1.54, 1.807) is 0 Å². The molecule has 2 aliphatic heterocycles. The number of rotatable bonds is 5. The Labute approximate surface area is 206 Å². The predicted molar refractivity (Wildman–Crippen MR) is 135 cm³/mol. The van der Waals surface area contributed by atoms with Crippen molar-refractivity contribution in [2.24, 2.45) is 5.92 Å². The molecule has 1 spiro atoms. The fourth-order valence-electron chi connectivity index (χ4n) is 5.77. The molecule has 1 aromatic carbocycles. The van der Waals surface area contributed by atoms with Gasteiger partial charge in [0, 0.05) is 13.9 Å². The van der Waals surface area contributed by atoms with Gasteiger partial charge in [0.2, 0.25) is 11.8 Å². The molecule has 5 rings (SSSR count). The molecule has 0 radical (unpaired) electrons. The number of piperidine rings is 1. The van der Waals surface area contributed by atoms with Crippen LogP contribution in [0.4, 0.5) is 0 Å². The van der Waals surface area contributed by atoms with Gasteiger partial charge in [0.25, 0.3) is 0 Å². The van der Waals surface area contributed by atoms with Gasteiger partial charge in [-0.3, -0.25) is 9.59 Å². The average molecular weight is 473 g/mol. The molecule has 2 saturated heterocycles. The highest BCUT2D eigenvalue weighted by Gasteiger charge is 2.51. The lowest BCUT2D eigenvalue weighted by molar-refractivity contribution is -0.156. The number of morpholine rings is 1. The molecule has 1 aromatic rings. The standard InChI is InChI=1S/C25H34N2O4.C3H8.H2/c28-23-16-30-17-25(26-23)13-4-14-27(24(29)20-7-8-20)22(25)15-31-21-11-9-19(10-12-21)18-5-2-1-3-6-18;1-3-2;/h1-3,5-6,19-22H,4,7-17H2,(H,26,28);3H2,1-2H3;1H/t19?,21?,22-,25+;;/m1../s1. The normalized spacial score (nSPS) is 31.4. The van der Waals surface area contributed by atoms with Crippen LogP contribution in [0.3, 0.4) is 0 Å². The van der Waals surface area contributed by atoms with Gasteiger partial charge in [-0.15, -0.1) is 0 Å². The predicted octanol–water partition coefficient (Wildman–Crippen LogP) is 4.68. The zero-order valence-electron chi connectivity index (χ0n) is 21.0. The second-order valence-electron chi connectivity index (χ2n) is 10.5. The van der Waals surface area contributed by atoms with Crippen molar-refractivity contribution < 1.29 is 20.5 Å². The maximum Gasteiger partial charge on any atom is 0.246 e. The Morgan fingerprint density at radius 2 is 1.85 bits per heavy atom. The molecule has 4 fully saturated rings. The Kier molecular flexibility index (Phi) is 8.65. The first-order valence-corrected chi connectivity index (χ1v) is 13.4. The van der Waals surface area contributed by atoms with Crippen LogP contribution >= 0.6 is 0 Å². The fraction of sp³-hybridized carbons (Fsp3) is 0.714. The number of benzene rings is 1. The van der Waals surface area contributed by atoms with Crippen LogP contribution in [0.15, 0.2) is 30.3 Å². The third-order valence-corrected chi connectivity index (χ3v) is 7.66. The monoisotopic (exact) mass is 472 g/mol. The zero-order valence-corrected chi connectivity index (χ0v) is 21.0. The molecule has 0 bridgehead atoms. The number of carbonyl (C=O) groups is 2. The summed E-state index contributed by atoms with van der Waals surface area (Å²) in [6, 6.07) is 10.6. The van der Waals surface area contributed by atoms with E-state index < -0.39 is 5.54 Å². The first kappa shape index (κ1) is 25.2. The molecular formula is C28H44N2O4. The Morgan fingerprint density at radius 3 is 2.50 bits per heavy atom. The van der Waals surface area contributed by atoms with Gasteiger partial charge in [0.15, 0.2) is 0 Å². The molecule has 190 valence electrons. The van der Waals surface area contributed by atoms with Crippen molar-refractivity contribution >= 4 is 11.8 Å². The topological polar surface area (TPSA) is 67.9 Å². The van der Waals surface area contributed by atoms with Gasteiger partial charge < -0.3 is 19.7 Å². The molecule has 0 aromatic heterocycles. The first-order chi connectivity index (χ1) is 16.6. The lowest BCUT2D eigenvalue weighted by atomic mass is 9.80. The van der Waals surface area contributed by atoms with Crippen molar-refractivity contribution in [3.8, 4) is 0 Å². The number of nitrogens with one attached hydrogen (secondary N) is 1. The van der Waals surface area contributed by atoms with Crippen LogP contribution in [-0.2, 0) is 19.1 Å². The van der Waals surface area contributed by atoms with E-state index in [2.05, 4.69) is 49.5 Å². The smallest absolute Gasteiger partial charge is 0.246 e. The molecule has 2 saturated carbocycles. The molecule has 0 unspecified atom stereocenters. The van der Waals surface area contributed by atoms with Gasteiger partial charge in [-0.25, -0.2) is 0 Å². The van der Waals surface area contributed by atoms with E-state index in [-0.39, 0.29) is 37.9 Å². The molecule has 2 amide bonds. The number of hydrogen-bond donors (Lipinski definition) is 1. The van der Waals surface area contributed by atoms with Crippen molar-refractivity contribution in [1.82, 2.24) is 10.2 Å². The lowest BCUT2D eigenvalue weighted by Gasteiger charge is -2.51. The van der Waals surface area contributed by atoms with Gasteiger partial charge >= 0.3 is 0 Å². The van der Waals surface area contributed by atoms with Gasteiger partial charge in [-0.05, 0) is 62.8 Å². The summed E-state index contributed by atoms with van der Waals surface area (Å²) < 4.78 is 12.1. The second kappa shape index (κ2) is 11.7. The largest absolute Gasteiger partial charge is 0.376 e. The molecule has 2 atom stereocenters. The number of hydrogen-bond acceptors (Lipinski definition) is 4. The SMILES string of the molecule is CCC.O=C1COC[C@]2(CCCN(C(=O)C3CC3)[C@@H]2COC2CCC(c3ccccc3)CC2)N1.[HH]. The summed E-state index contributed by atoms with van der Waals surface area (Å²) in [5.41, 5.74) is 0.912. The summed E-state index contributed by atoms with van der Waals surface area (Å²) in [4.78, 5) is 27.3. The fourth-order valence-corrected chi connectivity index (χ4v) is 5.77. The number of amides is 2. The zero-order chi connectivity index (χ0) is 24.0. The summed E-state index contributed by atoms with van der Waals surface area (Å²) in [5.74, 6) is 0.931. The quantitative estimate of drug-likeness (QED) is 0.676. The second-order valence-corrected chi connectivity index (χ2v) is 10.5. The van der Waals surface area contributed by atoms with Crippen molar-refractivity contribution in [1.29, 1.82) is 0 Å². The van der Waals surface area contributed by atoms with E-state index in [0.29, 0.717) is 19.1 Å². The summed E-state index contributed by atoms with van der Waals surface area (Å²) >= 11 is 0. The summed E-state index contributed by atoms with van der Waals surface area (Å²) in [5, 5.41) is 3.20. The van der Waals surface area contributed by atoms with Crippen LogP contribution in [0, 0.1) is 5.92 Å². The van der Waals surface area contributed by atoms with E-state index >= 15 is 0 Å². The van der Waals surface area contributed by atoms with E-state index in [4.69, 9.17) is 9.47 Å². The maximum absolute atomic E-state index is 13.0. The Hall–Kier alpha value is -1.92. The van der Waals surface area contributed by atoms with Crippen molar-refractivity contribution in [3.05, 3.63) is 35.9 Å². The van der Waals surface area contributed by atoms with Crippen LogP contribution < -0.4 is 5.32 Å². The van der Waals surface area contributed by atoms with Crippen LogP contribution in [0.25, 0.3) is 0 Å². The van der Waals surface area contributed by atoms with Gasteiger partial charge in [0.05, 0.1) is 30.9 Å². The van der Waals surface area contributed by atoms with E-state index in [9.17, 15) is 9.59 Å². The minimum atomic E-state index is -0.515. The Balaban J connectivity index is 0.000000815. The van der Waals surface area contributed by atoms with Crippen LogP contribution in [0.1, 0.15) is 84.5 Å². The highest BCUT2D eigenvalue weighted by molar-refractivity contribution is 5.82. The van der Waals surface area contributed by atoms with Crippen LogP contribution in [0.2, 0.25) is 0 Å². The van der Waals surface area contributed by atoms with Crippen molar-refractivity contribution in [3.63, 3.8) is 0 Å². The molecular weight excluding hydrogens is 428 g/mol. The van der Waals surface area contributed by atoms with Crippen LogP contribution in [-0.4, -0.2) is 60.8 Å². The number of carbonyl (C=O) groups excluding carboxylic acids is 2. The van der Waals surface area contributed by atoms with E-state index in [1.807, 2.05) is 4.90 Å². The van der Waals surface area contributed by atoms with E-state index in [0.717, 1.165) is 57.9 Å². The molecule has 6 nitrogen and oxygen atoms in total. The highest BCUT2D eigenvalue weighted by Crippen LogP contribution is 2.38. The number of likely N-dealkylation sites (tertiary alicyclic amines) is 1. The van der Waals surface area contributed by atoms with Crippen LogP contribution in [0.5, 0.6) is 0 Å². The third kappa shape index (κ3) is 6.01. The minimum absolute atomic E-state index is 0. The molecule has 2 heterocycles. The van der Waals surface area contributed by atoms with Gasteiger partial charge in [-0.2, -0.15) is 0 Å². The minimum Gasteiger partial charge on any atom is -0.376 e. The summed E-state index contributed by atoms with van der Waals surface area (Å²) in [7, 11) is 0. The average Bonchev–Trinajstić information content (AvgIpc) is 3.70. The first-order valence-electron chi connectivity index (χ1n) is 13.4. The molecule has 4 aliphatic rings. The molecule has 1 N–H and O–H groups in total. The third-order valence-electron chi connectivity index (χ3n) is 7.66. The maximum atomic E-state index is 13.0. The van der Waals surface area contributed by atoms with Gasteiger partial charge in [-0.1, -0.05) is 50.6 Å². The number of nitrogens with zero attached hydrogens (tertiary/aromatic N) is 1. The molecule has 2 aliphatic carbocycles. The summed E-state index contributed by atoms with van der Waals surface area (Å²) in [6.45, 7) is 6.04. The Bertz CT molecular complexity index is 806. The summed E-state index contributed by atoms with van der Waals surface area (Å²) in [6.07, 6.45) is 9.52. The lowest BCUT2D eigenvalue weighted by Crippen LogP contribution is -2.72. The molecule has 34 heavy (non-hydrogen) atoms. The molecule has 6 heteroatoms.